The summed E-state index contributed by atoms with van der Waals surface area (Å²) < 4.78 is 44.9. The Morgan fingerprint density at radius 1 is 1.34 bits per heavy atom. The molecule has 7 nitrogen and oxygen atoms in total. The molecule has 1 unspecified atom stereocenters. The van der Waals surface area contributed by atoms with E-state index < -0.39 is 17.8 Å². The van der Waals surface area contributed by atoms with Crippen LogP contribution in [0.25, 0.3) is 0 Å². The number of amides is 1. The van der Waals surface area contributed by atoms with Gasteiger partial charge in [-0.15, -0.1) is 0 Å². The van der Waals surface area contributed by atoms with Crippen LogP contribution in [0.4, 0.5) is 19.0 Å². The van der Waals surface area contributed by atoms with Crippen LogP contribution in [0.15, 0.2) is 18.2 Å². The maximum atomic E-state index is 14.1. The standard InChI is InChI=1S/C15H12ClF3N4O.C6H13NO/c16-15-21-11-6-23(7-24)5-10(11)14(22-15)20-4-8-2-1-3-9(12(8)17)13(18)19;1-6-5-7(2)3-4-8-6/h1-3,7,13H,4-6H2,(H,20,21,22);6H,3-5H2,1-2H3. The van der Waals surface area contributed by atoms with Crippen molar-refractivity contribution in [3.8, 4) is 0 Å². The van der Waals surface area contributed by atoms with Crippen LogP contribution < -0.4 is 5.32 Å². The van der Waals surface area contributed by atoms with E-state index in [2.05, 4.69) is 34.2 Å². The van der Waals surface area contributed by atoms with Gasteiger partial charge in [0.1, 0.15) is 11.6 Å². The topological polar surface area (TPSA) is 70.6 Å². The second kappa shape index (κ2) is 10.9. The van der Waals surface area contributed by atoms with Gasteiger partial charge >= 0.3 is 0 Å². The third kappa shape index (κ3) is 6.08. The highest BCUT2D eigenvalue weighted by atomic mass is 35.5. The second-order valence-corrected chi connectivity index (χ2v) is 8.03. The number of carbonyl (C=O) groups is 1. The van der Waals surface area contributed by atoms with Crippen molar-refractivity contribution in [2.75, 3.05) is 32.1 Å². The van der Waals surface area contributed by atoms with Gasteiger partial charge in [-0.2, -0.15) is 0 Å². The maximum Gasteiger partial charge on any atom is 0.266 e. The van der Waals surface area contributed by atoms with Gasteiger partial charge in [0.05, 0.1) is 37.1 Å². The zero-order valence-corrected chi connectivity index (χ0v) is 18.6. The van der Waals surface area contributed by atoms with Crippen LogP contribution in [0.1, 0.15) is 35.7 Å². The minimum absolute atomic E-state index is 0.00852. The molecule has 2 aliphatic rings. The molecule has 0 bridgehead atoms. The summed E-state index contributed by atoms with van der Waals surface area (Å²) in [6, 6.07) is 3.83. The molecule has 32 heavy (non-hydrogen) atoms. The largest absolute Gasteiger partial charge is 0.376 e. The number of halogens is 4. The predicted molar refractivity (Wildman–Crippen MR) is 114 cm³/mol. The molecule has 4 rings (SSSR count). The Bertz CT molecular complexity index is 942. The average molecular weight is 472 g/mol. The number of rotatable bonds is 5. The molecule has 2 aromatic rings. The molecule has 1 N–H and O–H groups in total. The van der Waals surface area contributed by atoms with E-state index in [1.807, 2.05) is 0 Å². The first-order valence-electron chi connectivity index (χ1n) is 10.1. The minimum Gasteiger partial charge on any atom is -0.376 e. The normalized spacial score (nSPS) is 18.2. The van der Waals surface area contributed by atoms with Gasteiger partial charge in [-0.05, 0) is 25.6 Å². The lowest BCUT2D eigenvalue weighted by Crippen LogP contribution is -2.38. The SMILES string of the molecule is CC1CN(C)CCO1.O=CN1Cc2nc(Cl)nc(NCc3cccc(C(F)F)c3F)c2C1. The molecule has 1 aromatic carbocycles. The van der Waals surface area contributed by atoms with E-state index in [0.29, 0.717) is 42.7 Å². The molecule has 2 aliphatic heterocycles. The predicted octanol–water partition coefficient (Wildman–Crippen LogP) is 3.63. The number of hydrogen-bond acceptors (Lipinski definition) is 6. The highest BCUT2D eigenvalue weighted by molar-refractivity contribution is 6.28. The van der Waals surface area contributed by atoms with E-state index in [-0.39, 0.29) is 17.4 Å². The zero-order valence-electron chi connectivity index (χ0n) is 17.8. The smallest absolute Gasteiger partial charge is 0.266 e. The fourth-order valence-electron chi connectivity index (χ4n) is 3.55. The first kappa shape index (κ1) is 24.2. The van der Waals surface area contributed by atoms with Crippen LogP contribution in [0.3, 0.4) is 0 Å². The average Bonchev–Trinajstić information content (AvgIpc) is 3.16. The van der Waals surface area contributed by atoms with Crippen LogP contribution in [-0.2, 0) is 29.2 Å². The number of nitrogens with zero attached hydrogens (tertiary/aromatic N) is 4. The zero-order chi connectivity index (χ0) is 23.3. The fourth-order valence-corrected chi connectivity index (χ4v) is 3.73. The molecule has 1 saturated heterocycles. The number of benzene rings is 1. The molecule has 0 radical (unpaired) electrons. The Hall–Kier alpha value is -2.43. The van der Waals surface area contributed by atoms with Crippen LogP contribution in [0.5, 0.6) is 0 Å². The number of morpholine rings is 1. The van der Waals surface area contributed by atoms with Gasteiger partial charge in [0.2, 0.25) is 11.7 Å². The molecule has 0 spiro atoms. The van der Waals surface area contributed by atoms with Crippen molar-refractivity contribution in [1.29, 1.82) is 0 Å². The van der Waals surface area contributed by atoms with E-state index >= 15 is 0 Å². The quantitative estimate of drug-likeness (QED) is 0.530. The number of likely N-dealkylation sites (N-methyl/N-ethyl adjacent to an activating group) is 1. The minimum atomic E-state index is -2.89. The molecule has 1 amide bonds. The van der Waals surface area contributed by atoms with Crippen molar-refractivity contribution in [2.24, 2.45) is 0 Å². The Kier molecular flexibility index (Phi) is 8.27. The maximum absolute atomic E-state index is 14.1. The molecule has 0 aliphatic carbocycles. The summed E-state index contributed by atoms with van der Waals surface area (Å²) in [6.07, 6.45) is -1.76. The molecule has 174 valence electrons. The van der Waals surface area contributed by atoms with Crippen LogP contribution >= 0.6 is 11.6 Å². The monoisotopic (exact) mass is 471 g/mol. The number of alkyl halides is 2. The van der Waals surface area contributed by atoms with Crippen molar-refractivity contribution in [1.82, 2.24) is 19.8 Å². The highest BCUT2D eigenvalue weighted by Crippen LogP contribution is 2.28. The number of anilines is 1. The van der Waals surface area contributed by atoms with Gasteiger partial charge in [-0.3, -0.25) is 4.79 Å². The van der Waals surface area contributed by atoms with Gasteiger partial charge in [0.25, 0.3) is 6.43 Å². The lowest BCUT2D eigenvalue weighted by atomic mass is 10.1. The molecular weight excluding hydrogens is 447 g/mol. The molecule has 1 aromatic heterocycles. The summed E-state index contributed by atoms with van der Waals surface area (Å²) >= 11 is 5.86. The molecule has 3 heterocycles. The highest BCUT2D eigenvalue weighted by Gasteiger charge is 2.24. The van der Waals surface area contributed by atoms with E-state index in [0.717, 1.165) is 25.8 Å². The van der Waals surface area contributed by atoms with Crippen LogP contribution in [0, 0.1) is 5.82 Å². The summed E-state index contributed by atoms with van der Waals surface area (Å²) in [5.41, 5.74) is 0.720. The van der Waals surface area contributed by atoms with Crippen LogP contribution in [0.2, 0.25) is 5.28 Å². The van der Waals surface area contributed by atoms with Gasteiger partial charge < -0.3 is 19.9 Å². The Balaban J connectivity index is 0.000000305. The second-order valence-electron chi connectivity index (χ2n) is 7.70. The van der Waals surface area contributed by atoms with E-state index in [1.165, 1.54) is 17.0 Å². The fraction of sp³-hybridized carbons (Fsp3) is 0.476. The summed E-state index contributed by atoms with van der Waals surface area (Å²) in [4.78, 5) is 22.8. The van der Waals surface area contributed by atoms with Crippen LogP contribution in [-0.4, -0.2) is 59.0 Å². The van der Waals surface area contributed by atoms with Gasteiger partial charge in [-0.1, -0.05) is 18.2 Å². The van der Waals surface area contributed by atoms with E-state index in [4.69, 9.17) is 16.3 Å². The van der Waals surface area contributed by atoms with Crippen molar-refractivity contribution in [3.63, 3.8) is 0 Å². The summed E-state index contributed by atoms with van der Waals surface area (Å²) in [5.74, 6) is -0.595. The van der Waals surface area contributed by atoms with Gasteiger partial charge in [0, 0.05) is 30.8 Å². The Morgan fingerprint density at radius 2 is 2.12 bits per heavy atom. The number of fused-ring (bicyclic) bond motifs is 1. The number of nitrogens with one attached hydrogen (secondary N) is 1. The van der Waals surface area contributed by atoms with Gasteiger partial charge in [0.15, 0.2) is 0 Å². The summed E-state index contributed by atoms with van der Waals surface area (Å²) in [6.45, 7) is 5.74. The lowest BCUT2D eigenvalue weighted by Gasteiger charge is -2.27. The molecule has 1 fully saturated rings. The first-order chi connectivity index (χ1) is 15.3. The van der Waals surface area contributed by atoms with Crippen molar-refractivity contribution in [3.05, 3.63) is 51.7 Å². The number of carbonyl (C=O) groups excluding carboxylic acids is 1. The van der Waals surface area contributed by atoms with Crippen molar-refractivity contribution < 1.29 is 22.7 Å². The van der Waals surface area contributed by atoms with Gasteiger partial charge in [-0.25, -0.2) is 23.1 Å². The molecule has 0 saturated carbocycles. The third-order valence-corrected chi connectivity index (χ3v) is 5.33. The molecule has 11 heteroatoms. The lowest BCUT2D eigenvalue weighted by molar-refractivity contribution is -0.118. The Labute approximate surface area is 189 Å². The van der Waals surface area contributed by atoms with Crippen molar-refractivity contribution >= 4 is 23.8 Å². The van der Waals surface area contributed by atoms with E-state index in [1.54, 1.807) is 0 Å². The van der Waals surface area contributed by atoms with Crippen molar-refractivity contribution in [2.45, 2.75) is 39.1 Å². The first-order valence-corrected chi connectivity index (χ1v) is 10.5. The summed E-state index contributed by atoms with van der Waals surface area (Å²) in [7, 11) is 2.12. The third-order valence-electron chi connectivity index (χ3n) is 5.16. The number of hydrogen-bond donors (Lipinski definition) is 1. The number of ether oxygens (including phenoxy) is 1. The molecule has 1 atom stereocenters. The Morgan fingerprint density at radius 3 is 2.75 bits per heavy atom. The molecular formula is C21H25ClF3N5O2. The van der Waals surface area contributed by atoms with E-state index in [9.17, 15) is 18.0 Å². The summed E-state index contributed by atoms with van der Waals surface area (Å²) in [5, 5.41) is 2.88. The number of aromatic nitrogens is 2.